The Bertz CT molecular complexity index is 378. The molecule has 17 heavy (non-hydrogen) atoms. The van der Waals surface area contributed by atoms with E-state index in [1.165, 1.54) is 37.7 Å². The van der Waals surface area contributed by atoms with E-state index in [2.05, 4.69) is 5.32 Å². The normalized spacial score (nSPS) is 27.5. The molecule has 1 aromatic rings. The fraction of sp³-hybridized carbons (Fsp3) is 0.600. The summed E-state index contributed by atoms with van der Waals surface area (Å²) >= 11 is 0. The maximum Gasteiger partial charge on any atom is 0.123 e. The van der Waals surface area contributed by atoms with E-state index >= 15 is 0 Å². The Morgan fingerprint density at radius 3 is 2.47 bits per heavy atom. The molecule has 2 heteroatoms. The van der Waals surface area contributed by atoms with Gasteiger partial charge in [0.15, 0.2) is 0 Å². The minimum Gasteiger partial charge on any atom is -0.316 e. The first kappa shape index (κ1) is 11.2. The Kier molecular flexibility index (Phi) is 2.91. The number of halogens is 1. The van der Waals surface area contributed by atoms with Crippen molar-refractivity contribution >= 4 is 0 Å². The summed E-state index contributed by atoms with van der Waals surface area (Å²) in [5.41, 5.74) is 1.82. The van der Waals surface area contributed by atoms with Gasteiger partial charge in [0.1, 0.15) is 5.82 Å². The van der Waals surface area contributed by atoms with Crippen LogP contribution in [0.3, 0.4) is 0 Å². The lowest BCUT2D eigenvalue weighted by molar-refractivity contribution is 0.170. The van der Waals surface area contributed by atoms with Crippen LogP contribution in [-0.4, -0.2) is 13.1 Å². The first-order valence-electron chi connectivity index (χ1n) is 6.76. The van der Waals surface area contributed by atoms with Gasteiger partial charge >= 0.3 is 0 Å². The summed E-state index contributed by atoms with van der Waals surface area (Å²) in [6.07, 6.45) is 6.75. The zero-order valence-electron chi connectivity index (χ0n) is 10.2. The van der Waals surface area contributed by atoms with Gasteiger partial charge in [-0.05, 0) is 48.9 Å². The number of piperidine rings is 1. The van der Waals surface area contributed by atoms with Gasteiger partial charge in [0.2, 0.25) is 0 Å². The highest BCUT2D eigenvalue weighted by Crippen LogP contribution is 2.52. The maximum atomic E-state index is 13.0. The summed E-state index contributed by atoms with van der Waals surface area (Å²) < 4.78 is 13.0. The zero-order chi connectivity index (χ0) is 11.7. The molecule has 1 aromatic carbocycles. The van der Waals surface area contributed by atoms with Crippen LogP contribution in [0.15, 0.2) is 24.3 Å². The van der Waals surface area contributed by atoms with Crippen LogP contribution in [0.5, 0.6) is 0 Å². The predicted octanol–water partition coefficient (Wildman–Crippen LogP) is 3.46. The second-order valence-corrected chi connectivity index (χ2v) is 5.63. The summed E-state index contributed by atoms with van der Waals surface area (Å²) in [4.78, 5) is 0. The Morgan fingerprint density at radius 2 is 1.76 bits per heavy atom. The van der Waals surface area contributed by atoms with Gasteiger partial charge in [0.25, 0.3) is 0 Å². The molecule has 1 saturated heterocycles. The van der Waals surface area contributed by atoms with Crippen molar-refractivity contribution in [3.05, 3.63) is 35.6 Å². The van der Waals surface area contributed by atoms with Crippen LogP contribution in [-0.2, 0) is 0 Å². The molecule has 0 radical (unpaired) electrons. The van der Waals surface area contributed by atoms with Crippen molar-refractivity contribution in [1.29, 1.82) is 0 Å². The number of hydrogen-bond donors (Lipinski definition) is 1. The average molecular weight is 233 g/mol. The van der Waals surface area contributed by atoms with Gasteiger partial charge in [-0.1, -0.05) is 25.0 Å². The Labute approximate surface area is 102 Å². The van der Waals surface area contributed by atoms with E-state index in [0.29, 0.717) is 11.3 Å². The summed E-state index contributed by atoms with van der Waals surface area (Å²) in [6.45, 7) is 2.21. The van der Waals surface area contributed by atoms with Gasteiger partial charge in [0.05, 0.1) is 0 Å². The Hall–Kier alpha value is -0.890. The Balaban J connectivity index is 1.91. The molecule has 1 aliphatic carbocycles. The van der Waals surface area contributed by atoms with Crippen LogP contribution >= 0.6 is 0 Å². The lowest BCUT2D eigenvalue weighted by Gasteiger charge is -2.42. The molecule has 2 fully saturated rings. The van der Waals surface area contributed by atoms with Crippen LogP contribution in [0.4, 0.5) is 4.39 Å². The minimum atomic E-state index is -0.127. The van der Waals surface area contributed by atoms with Crippen molar-refractivity contribution in [3.8, 4) is 0 Å². The highest BCUT2D eigenvalue weighted by molar-refractivity contribution is 5.25. The second-order valence-electron chi connectivity index (χ2n) is 5.63. The van der Waals surface area contributed by atoms with E-state index in [-0.39, 0.29) is 5.82 Å². The van der Waals surface area contributed by atoms with Gasteiger partial charge in [-0.15, -0.1) is 0 Å². The maximum absolute atomic E-state index is 13.0. The lowest BCUT2D eigenvalue weighted by atomic mass is 9.67. The summed E-state index contributed by atoms with van der Waals surface area (Å²) in [5.74, 6) is 0.456. The van der Waals surface area contributed by atoms with E-state index in [4.69, 9.17) is 0 Å². The molecular formula is C15H20FN. The fourth-order valence-corrected chi connectivity index (χ4v) is 3.82. The molecule has 1 spiro atoms. The SMILES string of the molecule is Fc1ccc(C2CNCCC23CCCC3)cc1. The fourth-order valence-electron chi connectivity index (χ4n) is 3.82. The van der Waals surface area contributed by atoms with Crippen molar-refractivity contribution in [2.75, 3.05) is 13.1 Å². The smallest absolute Gasteiger partial charge is 0.123 e. The van der Waals surface area contributed by atoms with Crippen LogP contribution < -0.4 is 5.32 Å². The quantitative estimate of drug-likeness (QED) is 0.783. The molecule has 92 valence electrons. The molecule has 0 bridgehead atoms. The number of benzene rings is 1. The number of nitrogens with one attached hydrogen (secondary N) is 1. The largest absolute Gasteiger partial charge is 0.316 e. The van der Waals surface area contributed by atoms with E-state index in [9.17, 15) is 4.39 Å². The van der Waals surface area contributed by atoms with Crippen LogP contribution in [0, 0.1) is 11.2 Å². The van der Waals surface area contributed by atoms with Gasteiger partial charge < -0.3 is 5.32 Å². The van der Waals surface area contributed by atoms with E-state index in [0.717, 1.165) is 13.1 Å². The van der Waals surface area contributed by atoms with Gasteiger partial charge in [-0.3, -0.25) is 0 Å². The lowest BCUT2D eigenvalue weighted by Crippen LogP contribution is -2.42. The molecule has 3 rings (SSSR count). The first-order valence-corrected chi connectivity index (χ1v) is 6.76. The molecule has 2 aliphatic rings. The highest BCUT2D eigenvalue weighted by Gasteiger charge is 2.43. The average Bonchev–Trinajstić information content (AvgIpc) is 2.80. The van der Waals surface area contributed by atoms with Gasteiger partial charge in [0, 0.05) is 12.5 Å². The van der Waals surface area contributed by atoms with Crippen LogP contribution in [0.1, 0.15) is 43.6 Å². The summed E-state index contributed by atoms with van der Waals surface area (Å²) in [5, 5.41) is 3.51. The summed E-state index contributed by atoms with van der Waals surface area (Å²) in [7, 11) is 0. The third kappa shape index (κ3) is 1.99. The van der Waals surface area contributed by atoms with E-state index in [1.807, 2.05) is 12.1 Å². The molecule has 0 amide bonds. The highest BCUT2D eigenvalue weighted by atomic mass is 19.1. The van der Waals surface area contributed by atoms with Gasteiger partial charge in [-0.2, -0.15) is 0 Å². The molecule has 1 unspecified atom stereocenters. The molecule has 1 nitrogen and oxygen atoms in total. The third-order valence-corrected chi connectivity index (χ3v) is 4.76. The molecule has 1 heterocycles. The van der Waals surface area contributed by atoms with Gasteiger partial charge in [-0.25, -0.2) is 4.39 Å². The number of hydrogen-bond acceptors (Lipinski definition) is 1. The van der Waals surface area contributed by atoms with E-state index in [1.54, 1.807) is 12.1 Å². The standard InChI is InChI=1S/C15H20FN/c16-13-5-3-12(4-6-13)14-11-17-10-9-15(14)7-1-2-8-15/h3-6,14,17H,1-2,7-11H2. The van der Waals surface area contributed by atoms with E-state index < -0.39 is 0 Å². The Morgan fingerprint density at radius 1 is 1.06 bits per heavy atom. The topological polar surface area (TPSA) is 12.0 Å². The molecule has 1 aliphatic heterocycles. The van der Waals surface area contributed by atoms with Crippen molar-refractivity contribution in [2.24, 2.45) is 5.41 Å². The minimum absolute atomic E-state index is 0.127. The third-order valence-electron chi connectivity index (χ3n) is 4.76. The van der Waals surface area contributed by atoms with Crippen LogP contribution in [0.25, 0.3) is 0 Å². The molecule has 1 saturated carbocycles. The van der Waals surface area contributed by atoms with Crippen molar-refractivity contribution < 1.29 is 4.39 Å². The van der Waals surface area contributed by atoms with Crippen molar-refractivity contribution in [3.63, 3.8) is 0 Å². The van der Waals surface area contributed by atoms with Crippen LogP contribution in [0.2, 0.25) is 0 Å². The monoisotopic (exact) mass is 233 g/mol. The molecule has 0 aromatic heterocycles. The zero-order valence-corrected chi connectivity index (χ0v) is 10.2. The molecular weight excluding hydrogens is 213 g/mol. The predicted molar refractivity (Wildman–Crippen MR) is 67.5 cm³/mol. The first-order chi connectivity index (χ1) is 8.30. The molecule has 1 atom stereocenters. The van der Waals surface area contributed by atoms with Crippen molar-refractivity contribution in [2.45, 2.75) is 38.0 Å². The summed E-state index contributed by atoms with van der Waals surface area (Å²) in [6, 6.07) is 7.17. The molecule has 1 N–H and O–H groups in total. The number of rotatable bonds is 1. The second kappa shape index (κ2) is 4.41. The van der Waals surface area contributed by atoms with Crippen molar-refractivity contribution in [1.82, 2.24) is 5.32 Å².